The Morgan fingerprint density at radius 3 is 2.47 bits per heavy atom. The van der Waals surface area contributed by atoms with E-state index in [9.17, 15) is 0 Å². The van der Waals surface area contributed by atoms with E-state index in [0.29, 0.717) is 31.2 Å². The number of nitrogens with zero attached hydrogens (tertiary/aromatic N) is 1. The summed E-state index contributed by atoms with van der Waals surface area (Å²) in [5.41, 5.74) is 0. The van der Waals surface area contributed by atoms with Crippen LogP contribution in [0.1, 0.15) is 0 Å². The van der Waals surface area contributed by atoms with Crippen LogP contribution in [0, 0.1) is 0 Å². The predicted molar refractivity (Wildman–Crippen MR) is 73.5 cm³/mol. The van der Waals surface area contributed by atoms with Gasteiger partial charge in [0.15, 0.2) is 0 Å². The van der Waals surface area contributed by atoms with E-state index in [-0.39, 0.29) is 0 Å². The molecule has 0 radical (unpaired) electrons. The number of benzene rings is 1. The fourth-order valence-electron chi connectivity index (χ4n) is 1.14. The highest BCUT2D eigenvalue weighted by Gasteiger charge is 2.08. The smallest absolute Gasteiger partial charge is 0.233 e. The number of hydrogen-bond acceptors (Lipinski definition) is 2. The Bertz CT molecular complexity index is 513. The van der Waals surface area contributed by atoms with Crippen molar-refractivity contribution in [2.75, 3.05) is 0 Å². The van der Waals surface area contributed by atoms with Crippen molar-refractivity contribution in [1.82, 2.24) is 4.98 Å². The maximum atomic E-state index is 5.98. The van der Waals surface area contributed by atoms with Crippen molar-refractivity contribution in [2.45, 2.75) is 0 Å². The summed E-state index contributed by atoms with van der Waals surface area (Å²) in [6.07, 6.45) is 1.49. The lowest BCUT2D eigenvalue weighted by Gasteiger charge is -2.08. The molecule has 0 saturated carbocycles. The van der Waals surface area contributed by atoms with Gasteiger partial charge in [0.05, 0.1) is 14.5 Å². The number of pyridine rings is 1. The van der Waals surface area contributed by atoms with Gasteiger partial charge in [0, 0.05) is 11.2 Å². The Morgan fingerprint density at radius 2 is 1.82 bits per heavy atom. The number of halogens is 4. The van der Waals surface area contributed by atoms with Crippen molar-refractivity contribution in [3.63, 3.8) is 0 Å². The number of aromatic nitrogens is 1. The van der Waals surface area contributed by atoms with Crippen LogP contribution in [0.15, 0.2) is 34.9 Å². The molecule has 2 aromatic rings. The molecule has 0 aliphatic carbocycles. The van der Waals surface area contributed by atoms with Gasteiger partial charge in [0.25, 0.3) is 0 Å². The van der Waals surface area contributed by atoms with E-state index in [2.05, 4.69) is 20.9 Å². The molecule has 6 heteroatoms. The zero-order valence-electron chi connectivity index (χ0n) is 8.25. The molecular weight excluding hydrogens is 348 g/mol. The second kappa shape index (κ2) is 5.44. The summed E-state index contributed by atoms with van der Waals surface area (Å²) in [5.74, 6) is 0.866. The van der Waals surface area contributed by atoms with E-state index in [4.69, 9.17) is 39.5 Å². The molecule has 1 aromatic heterocycles. The Kier molecular flexibility index (Phi) is 4.15. The number of hydrogen-bond donors (Lipinski definition) is 0. The highest BCUT2D eigenvalue weighted by Crippen LogP contribution is 2.34. The van der Waals surface area contributed by atoms with E-state index < -0.39 is 0 Å². The summed E-state index contributed by atoms with van der Waals surface area (Å²) in [4.78, 5) is 4.04. The molecule has 0 spiro atoms. The molecular formula is C11H5BrCl3NO. The van der Waals surface area contributed by atoms with Crippen molar-refractivity contribution < 1.29 is 4.74 Å². The molecule has 0 saturated heterocycles. The summed E-state index contributed by atoms with van der Waals surface area (Å²) in [6, 6.07) is 6.65. The second-order valence-electron chi connectivity index (χ2n) is 3.12. The summed E-state index contributed by atoms with van der Waals surface area (Å²) >= 11 is 20.9. The van der Waals surface area contributed by atoms with Crippen LogP contribution in [0.25, 0.3) is 0 Å². The van der Waals surface area contributed by atoms with Crippen LogP contribution in [-0.2, 0) is 0 Å². The molecule has 1 heterocycles. The van der Waals surface area contributed by atoms with Gasteiger partial charge in [-0.05, 0) is 40.2 Å². The van der Waals surface area contributed by atoms with Gasteiger partial charge in [0.1, 0.15) is 5.75 Å². The molecule has 2 nitrogen and oxygen atoms in total. The fourth-order valence-corrected chi connectivity index (χ4v) is 2.31. The first-order valence-corrected chi connectivity index (χ1v) is 6.43. The normalized spacial score (nSPS) is 10.4. The third-order valence-electron chi connectivity index (χ3n) is 1.87. The molecule has 0 aliphatic heterocycles. The van der Waals surface area contributed by atoms with E-state index in [1.165, 1.54) is 6.20 Å². The summed E-state index contributed by atoms with van der Waals surface area (Å²) in [6.45, 7) is 0. The summed E-state index contributed by atoms with van der Waals surface area (Å²) in [7, 11) is 0. The van der Waals surface area contributed by atoms with E-state index in [1.54, 1.807) is 24.3 Å². The molecule has 1 aromatic carbocycles. The minimum atomic E-state index is 0.388. The van der Waals surface area contributed by atoms with Crippen molar-refractivity contribution in [2.24, 2.45) is 0 Å². The summed E-state index contributed by atoms with van der Waals surface area (Å²) in [5, 5.41) is 1.48. The van der Waals surface area contributed by atoms with Gasteiger partial charge in [0.2, 0.25) is 5.88 Å². The first-order valence-electron chi connectivity index (χ1n) is 4.50. The molecule has 0 unspecified atom stereocenters. The van der Waals surface area contributed by atoms with Crippen LogP contribution >= 0.6 is 50.7 Å². The van der Waals surface area contributed by atoms with E-state index >= 15 is 0 Å². The number of rotatable bonds is 2. The molecule has 17 heavy (non-hydrogen) atoms. The molecule has 0 bridgehead atoms. The maximum Gasteiger partial charge on any atom is 0.233 e. The average molecular weight is 353 g/mol. The summed E-state index contributed by atoms with van der Waals surface area (Å²) < 4.78 is 6.19. The second-order valence-corrected chi connectivity index (χ2v) is 5.25. The average Bonchev–Trinajstić information content (AvgIpc) is 2.25. The predicted octanol–water partition coefficient (Wildman–Crippen LogP) is 5.60. The third-order valence-corrected chi connectivity index (χ3v) is 3.18. The Hall–Kier alpha value is -0.480. The molecule has 0 N–H and O–H groups in total. The van der Waals surface area contributed by atoms with Gasteiger partial charge in [-0.15, -0.1) is 0 Å². The molecule has 0 aliphatic rings. The largest absolute Gasteiger partial charge is 0.436 e. The Morgan fingerprint density at radius 1 is 1.06 bits per heavy atom. The minimum Gasteiger partial charge on any atom is -0.436 e. The van der Waals surface area contributed by atoms with Gasteiger partial charge in [-0.1, -0.05) is 34.8 Å². The topological polar surface area (TPSA) is 22.1 Å². The Balaban J connectivity index is 2.31. The Labute approximate surface area is 122 Å². The maximum absolute atomic E-state index is 5.98. The molecule has 0 atom stereocenters. The SMILES string of the molecule is Clc1ccc(Oc2ncc(Cl)cc2Br)c(Cl)c1. The van der Waals surface area contributed by atoms with Crippen molar-refractivity contribution in [1.29, 1.82) is 0 Å². The third kappa shape index (κ3) is 3.26. The van der Waals surface area contributed by atoms with Crippen LogP contribution in [0.4, 0.5) is 0 Å². The van der Waals surface area contributed by atoms with Gasteiger partial charge in [-0.2, -0.15) is 0 Å². The molecule has 0 amide bonds. The van der Waals surface area contributed by atoms with Gasteiger partial charge < -0.3 is 4.74 Å². The van der Waals surface area contributed by atoms with Crippen molar-refractivity contribution in [3.05, 3.63) is 50.0 Å². The number of ether oxygens (including phenoxy) is 1. The zero-order chi connectivity index (χ0) is 12.4. The highest BCUT2D eigenvalue weighted by atomic mass is 79.9. The van der Waals surface area contributed by atoms with Crippen LogP contribution in [0.3, 0.4) is 0 Å². The lowest BCUT2D eigenvalue weighted by atomic mass is 10.3. The fraction of sp³-hybridized carbons (Fsp3) is 0. The first-order chi connectivity index (χ1) is 8.06. The van der Waals surface area contributed by atoms with Crippen LogP contribution in [0.2, 0.25) is 15.1 Å². The van der Waals surface area contributed by atoms with Crippen LogP contribution in [0.5, 0.6) is 11.6 Å². The van der Waals surface area contributed by atoms with E-state index in [1.807, 2.05) is 0 Å². The van der Waals surface area contributed by atoms with Crippen LogP contribution in [-0.4, -0.2) is 4.98 Å². The molecule has 2 rings (SSSR count). The lowest BCUT2D eigenvalue weighted by molar-refractivity contribution is 0.460. The first kappa shape index (κ1) is 13.0. The van der Waals surface area contributed by atoms with E-state index in [0.717, 1.165) is 0 Å². The lowest BCUT2D eigenvalue weighted by Crippen LogP contribution is -1.89. The minimum absolute atomic E-state index is 0.388. The molecule has 0 fully saturated rings. The van der Waals surface area contributed by atoms with Gasteiger partial charge >= 0.3 is 0 Å². The molecule has 88 valence electrons. The van der Waals surface area contributed by atoms with Crippen LogP contribution < -0.4 is 4.74 Å². The zero-order valence-corrected chi connectivity index (χ0v) is 12.1. The quantitative estimate of drug-likeness (QED) is 0.701. The van der Waals surface area contributed by atoms with Crippen molar-refractivity contribution in [3.8, 4) is 11.6 Å². The monoisotopic (exact) mass is 351 g/mol. The standard InChI is InChI=1S/C11H5BrCl3NO/c12-8-3-7(14)5-16-11(8)17-10-2-1-6(13)4-9(10)15/h1-5H. The highest BCUT2D eigenvalue weighted by molar-refractivity contribution is 9.10. The van der Waals surface area contributed by atoms with Crippen molar-refractivity contribution >= 4 is 50.7 Å². The van der Waals surface area contributed by atoms with Gasteiger partial charge in [-0.25, -0.2) is 4.98 Å². The van der Waals surface area contributed by atoms with Gasteiger partial charge in [-0.3, -0.25) is 0 Å².